The van der Waals surface area contributed by atoms with Crippen molar-refractivity contribution in [2.45, 2.75) is 55.2 Å². The van der Waals surface area contributed by atoms with Crippen LogP contribution in [0, 0.1) is 0 Å². The number of carboxylic acids is 2. The average Bonchev–Trinajstić information content (AvgIpc) is 2.95. The molecule has 1 unspecified atom stereocenters. The van der Waals surface area contributed by atoms with Crippen LogP contribution in [0.1, 0.15) is 32.6 Å². The Hall–Kier alpha value is -1.09. The van der Waals surface area contributed by atoms with Crippen LogP contribution in [0.15, 0.2) is 0 Å². The standard InChI is InChI=1S/C10H16N2O3S.C3H6O2S/c13-8(14)4-2-1-3-7-9-6(5-16-7)11-10(15)12-9;1-2(6)3(4)5/h6-7,9H,1-5H2,(H,13,14)(H2,11,12,15);2,6H,1H3,(H,4,5)/t6-,7-,9-;/m0./s1. The number of hydrogen-bond donors (Lipinski definition) is 5. The second kappa shape index (κ2) is 9.14. The van der Waals surface area contributed by atoms with Crippen LogP contribution in [-0.4, -0.2) is 56.5 Å². The van der Waals surface area contributed by atoms with Gasteiger partial charge in [-0.1, -0.05) is 6.42 Å². The number of hydrogen-bond acceptors (Lipinski definition) is 5. The predicted octanol–water partition coefficient (Wildman–Crippen LogP) is 1.19. The third-order valence-corrected chi connectivity index (χ3v) is 5.15. The van der Waals surface area contributed by atoms with Gasteiger partial charge in [0.2, 0.25) is 0 Å². The normalized spacial score (nSPS) is 27.0. The third kappa shape index (κ3) is 6.35. The van der Waals surface area contributed by atoms with Crippen LogP contribution in [0.3, 0.4) is 0 Å². The molecule has 9 heteroatoms. The molecule has 4 atom stereocenters. The predicted molar refractivity (Wildman–Crippen MR) is 87.7 cm³/mol. The highest BCUT2D eigenvalue weighted by atomic mass is 32.2. The zero-order chi connectivity index (χ0) is 16.7. The third-order valence-electron chi connectivity index (χ3n) is 3.42. The molecule has 0 aromatic carbocycles. The number of carbonyl (C=O) groups is 3. The zero-order valence-electron chi connectivity index (χ0n) is 12.3. The topological polar surface area (TPSA) is 116 Å². The van der Waals surface area contributed by atoms with Crippen LogP contribution in [0.25, 0.3) is 0 Å². The van der Waals surface area contributed by atoms with Gasteiger partial charge in [-0.3, -0.25) is 9.59 Å². The summed E-state index contributed by atoms with van der Waals surface area (Å²) in [7, 11) is 0. The highest BCUT2D eigenvalue weighted by Crippen LogP contribution is 2.33. The zero-order valence-corrected chi connectivity index (χ0v) is 14.0. The van der Waals surface area contributed by atoms with Gasteiger partial charge in [-0.2, -0.15) is 24.4 Å². The van der Waals surface area contributed by atoms with Crippen molar-refractivity contribution >= 4 is 42.4 Å². The number of thioether (sulfide) groups is 1. The van der Waals surface area contributed by atoms with E-state index in [2.05, 4.69) is 23.3 Å². The summed E-state index contributed by atoms with van der Waals surface area (Å²) in [4.78, 5) is 31.1. The van der Waals surface area contributed by atoms with Gasteiger partial charge < -0.3 is 20.8 Å². The Balaban J connectivity index is 0.000000346. The molecule has 0 aromatic rings. The Morgan fingerprint density at radius 2 is 2.00 bits per heavy atom. The van der Waals surface area contributed by atoms with Crippen molar-refractivity contribution in [3.63, 3.8) is 0 Å². The van der Waals surface area contributed by atoms with Gasteiger partial charge in [-0.05, 0) is 19.8 Å². The first-order valence-corrected chi connectivity index (χ1v) is 8.69. The lowest BCUT2D eigenvalue weighted by molar-refractivity contribution is -0.137. The van der Waals surface area contributed by atoms with E-state index in [4.69, 9.17) is 10.2 Å². The van der Waals surface area contributed by atoms with Crippen molar-refractivity contribution < 1.29 is 24.6 Å². The molecular weight excluding hydrogens is 328 g/mol. The molecule has 0 aromatic heterocycles. The molecule has 0 bridgehead atoms. The summed E-state index contributed by atoms with van der Waals surface area (Å²) in [6.07, 6.45) is 2.88. The lowest BCUT2D eigenvalue weighted by atomic mass is 10.0. The second-order valence-corrected chi connectivity index (χ2v) is 7.32. The van der Waals surface area contributed by atoms with E-state index in [1.807, 2.05) is 11.8 Å². The molecule has 2 rings (SSSR count). The summed E-state index contributed by atoms with van der Waals surface area (Å²) >= 11 is 5.46. The van der Waals surface area contributed by atoms with Crippen LogP contribution in [0.5, 0.6) is 0 Å². The van der Waals surface area contributed by atoms with Crippen molar-refractivity contribution in [3.05, 3.63) is 0 Å². The molecule has 0 spiro atoms. The molecule has 2 saturated heterocycles. The molecule has 2 fully saturated rings. The van der Waals surface area contributed by atoms with Crippen molar-refractivity contribution in [2.75, 3.05) is 5.75 Å². The fraction of sp³-hybridized carbons (Fsp3) is 0.769. The van der Waals surface area contributed by atoms with E-state index in [0.717, 1.165) is 25.0 Å². The van der Waals surface area contributed by atoms with E-state index in [1.165, 1.54) is 6.92 Å². The highest BCUT2D eigenvalue weighted by Gasteiger charge is 2.42. The number of carboxylic acid groups (broad SMARTS) is 2. The SMILES string of the molecule is CC(S)C(=O)O.O=C(O)CCCC[C@@H]1SC[C@@H]2NC(=O)N[C@@H]21. The molecule has 2 aliphatic heterocycles. The quantitative estimate of drug-likeness (QED) is 0.279. The smallest absolute Gasteiger partial charge is 0.316 e. The number of rotatable bonds is 6. The van der Waals surface area contributed by atoms with Crippen molar-refractivity contribution in [1.29, 1.82) is 0 Å². The Labute approximate surface area is 139 Å². The number of urea groups is 1. The molecule has 7 nitrogen and oxygen atoms in total. The first-order chi connectivity index (χ1) is 10.3. The molecule has 0 saturated carbocycles. The van der Waals surface area contributed by atoms with Gasteiger partial charge in [-0.15, -0.1) is 0 Å². The molecule has 126 valence electrons. The van der Waals surface area contributed by atoms with E-state index in [0.29, 0.717) is 5.25 Å². The van der Waals surface area contributed by atoms with E-state index >= 15 is 0 Å². The maximum absolute atomic E-state index is 11.1. The highest BCUT2D eigenvalue weighted by molar-refractivity contribution is 8.00. The molecule has 2 heterocycles. The Bertz CT molecular complexity index is 419. The Kier molecular flexibility index (Phi) is 7.88. The van der Waals surface area contributed by atoms with E-state index < -0.39 is 17.2 Å². The molecule has 2 aliphatic rings. The Morgan fingerprint density at radius 1 is 1.36 bits per heavy atom. The lowest BCUT2D eigenvalue weighted by Crippen LogP contribution is -2.36. The largest absolute Gasteiger partial charge is 0.481 e. The number of amides is 2. The van der Waals surface area contributed by atoms with Crippen LogP contribution in [0.2, 0.25) is 0 Å². The van der Waals surface area contributed by atoms with Gasteiger partial charge in [0.05, 0.1) is 17.3 Å². The minimum atomic E-state index is -0.877. The number of unbranched alkanes of at least 4 members (excludes halogenated alkanes) is 1. The first-order valence-electron chi connectivity index (χ1n) is 7.12. The van der Waals surface area contributed by atoms with Crippen LogP contribution in [0.4, 0.5) is 4.79 Å². The molecular formula is C13H22N2O5S2. The van der Waals surface area contributed by atoms with E-state index in [9.17, 15) is 14.4 Å². The summed E-state index contributed by atoms with van der Waals surface area (Å²) < 4.78 is 0. The maximum atomic E-state index is 11.1. The van der Waals surface area contributed by atoms with Crippen LogP contribution in [-0.2, 0) is 9.59 Å². The number of aliphatic carboxylic acids is 2. The molecule has 0 radical (unpaired) electrons. The van der Waals surface area contributed by atoms with Gasteiger partial charge in [0.1, 0.15) is 0 Å². The number of thiol groups is 1. The number of carbonyl (C=O) groups excluding carboxylic acids is 1. The van der Waals surface area contributed by atoms with Crippen LogP contribution >= 0.6 is 24.4 Å². The molecule has 0 aliphatic carbocycles. The summed E-state index contributed by atoms with van der Waals surface area (Å²) in [5, 5.41) is 22.2. The van der Waals surface area contributed by atoms with Gasteiger partial charge >= 0.3 is 18.0 Å². The van der Waals surface area contributed by atoms with Crippen molar-refractivity contribution in [1.82, 2.24) is 10.6 Å². The van der Waals surface area contributed by atoms with Crippen LogP contribution < -0.4 is 10.6 Å². The minimum Gasteiger partial charge on any atom is -0.481 e. The fourth-order valence-corrected chi connectivity index (χ4v) is 3.81. The van der Waals surface area contributed by atoms with Crippen molar-refractivity contribution in [2.24, 2.45) is 0 Å². The minimum absolute atomic E-state index is 0.0640. The first kappa shape index (κ1) is 19.0. The summed E-state index contributed by atoms with van der Waals surface area (Å²) in [5.41, 5.74) is 0. The summed E-state index contributed by atoms with van der Waals surface area (Å²) in [6.45, 7) is 1.51. The second-order valence-electron chi connectivity index (χ2n) is 5.28. The average molecular weight is 350 g/mol. The van der Waals surface area contributed by atoms with Crippen molar-refractivity contribution in [3.8, 4) is 0 Å². The molecule has 4 N–H and O–H groups in total. The maximum Gasteiger partial charge on any atom is 0.316 e. The molecule has 2 amide bonds. The lowest BCUT2D eigenvalue weighted by Gasteiger charge is -2.16. The molecule has 22 heavy (non-hydrogen) atoms. The van der Waals surface area contributed by atoms with E-state index in [-0.39, 0.29) is 24.5 Å². The van der Waals surface area contributed by atoms with E-state index in [1.54, 1.807) is 0 Å². The van der Waals surface area contributed by atoms with Gasteiger partial charge in [0.15, 0.2) is 0 Å². The van der Waals surface area contributed by atoms with Gasteiger partial charge in [0.25, 0.3) is 0 Å². The summed E-state index contributed by atoms with van der Waals surface area (Å²) in [5.74, 6) is -0.640. The number of nitrogens with one attached hydrogen (secondary N) is 2. The Morgan fingerprint density at radius 3 is 2.55 bits per heavy atom. The fourth-order valence-electron chi connectivity index (χ4n) is 2.26. The van der Waals surface area contributed by atoms with Gasteiger partial charge in [-0.25, -0.2) is 4.79 Å². The van der Waals surface area contributed by atoms with Gasteiger partial charge in [0, 0.05) is 17.4 Å². The monoisotopic (exact) mass is 350 g/mol. The number of fused-ring (bicyclic) bond motifs is 1. The summed E-state index contributed by atoms with van der Waals surface area (Å²) in [6, 6.07) is 0.440.